The predicted molar refractivity (Wildman–Crippen MR) is 119 cm³/mol. The summed E-state index contributed by atoms with van der Waals surface area (Å²) in [6.07, 6.45) is 5.61. The summed E-state index contributed by atoms with van der Waals surface area (Å²) < 4.78 is 1.77. The lowest BCUT2D eigenvalue weighted by Gasteiger charge is -1.98. The molecular formula is C22H17N7S. The average Bonchev–Trinajstić information content (AvgIpc) is 3.52. The van der Waals surface area contributed by atoms with Crippen molar-refractivity contribution in [2.75, 3.05) is 0 Å². The first-order valence-corrected chi connectivity index (χ1v) is 10.4. The second-order valence-corrected chi connectivity index (χ2v) is 8.57. The van der Waals surface area contributed by atoms with Crippen LogP contribution in [0, 0.1) is 6.92 Å². The van der Waals surface area contributed by atoms with Crippen molar-refractivity contribution in [3.8, 4) is 33.1 Å². The van der Waals surface area contributed by atoms with E-state index in [1.165, 1.54) is 15.3 Å². The van der Waals surface area contributed by atoms with Crippen LogP contribution in [-0.2, 0) is 7.05 Å². The molecule has 0 aliphatic rings. The van der Waals surface area contributed by atoms with Gasteiger partial charge >= 0.3 is 0 Å². The van der Waals surface area contributed by atoms with Gasteiger partial charge in [0.05, 0.1) is 23.1 Å². The van der Waals surface area contributed by atoms with E-state index in [0.717, 1.165) is 44.7 Å². The molecule has 0 aliphatic carbocycles. The second kappa shape index (κ2) is 6.36. The lowest BCUT2D eigenvalue weighted by atomic mass is 10.1. The first-order chi connectivity index (χ1) is 14.7. The fraction of sp³-hybridized carbons (Fsp3) is 0.0909. The molecule has 0 saturated carbocycles. The molecule has 146 valence electrons. The first-order valence-electron chi connectivity index (χ1n) is 9.55. The first kappa shape index (κ1) is 17.1. The minimum atomic E-state index is 0.780. The molecule has 0 amide bonds. The van der Waals surface area contributed by atoms with Crippen LogP contribution in [0.1, 0.15) is 4.88 Å². The number of fused-ring (bicyclic) bond motifs is 2. The van der Waals surface area contributed by atoms with Crippen molar-refractivity contribution >= 4 is 33.4 Å². The molecule has 0 unspecified atom stereocenters. The minimum Gasteiger partial charge on any atom is -0.338 e. The van der Waals surface area contributed by atoms with Gasteiger partial charge in [0.25, 0.3) is 0 Å². The number of aromatic amines is 2. The van der Waals surface area contributed by atoms with E-state index in [1.807, 2.05) is 37.8 Å². The average molecular weight is 411 g/mol. The van der Waals surface area contributed by atoms with Crippen LogP contribution in [-0.4, -0.2) is 34.9 Å². The number of thiophene rings is 1. The molecule has 0 bridgehead atoms. The molecule has 0 aliphatic heterocycles. The summed E-state index contributed by atoms with van der Waals surface area (Å²) >= 11 is 1.78. The number of hydrogen-bond acceptors (Lipinski definition) is 5. The van der Waals surface area contributed by atoms with Crippen molar-refractivity contribution in [2.45, 2.75) is 6.92 Å². The third-order valence-electron chi connectivity index (χ3n) is 5.20. The van der Waals surface area contributed by atoms with Crippen LogP contribution in [0.25, 0.3) is 55.2 Å². The third kappa shape index (κ3) is 2.65. The van der Waals surface area contributed by atoms with Crippen molar-refractivity contribution in [1.82, 2.24) is 34.9 Å². The number of pyridine rings is 2. The molecule has 0 saturated heterocycles. The number of nitrogens with zero attached hydrogens (tertiary/aromatic N) is 5. The predicted octanol–water partition coefficient (Wildman–Crippen LogP) is 4.94. The highest BCUT2D eigenvalue weighted by atomic mass is 32.1. The zero-order valence-electron chi connectivity index (χ0n) is 16.3. The Kier molecular flexibility index (Phi) is 3.63. The summed E-state index contributed by atoms with van der Waals surface area (Å²) in [6, 6.07) is 12.5. The number of H-pyrrole nitrogens is 2. The lowest BCUT2D eigenvalue weighted by molar-refractivity contribution is 0.768. The van der Waals surface area contributed by atoms with E-state index in [9.17, 15) is 0 Å². The number of nitrogens with one attached hydrogen (secondary N) is 2. The number of hydrogen-bond donors (Lipinski definition) is 2. The van der Waals surface area contributed by atoms with E-state index in [-0.39, 0.29) is 0 Å². The largest absolute Gasteiger partial charge is 0.338 e. The van der Waals surface area contributed by atoms with Gasteiger partial charge in [-0.15, -0.1) is 11.3 Å². The Bertz CT molecular complexity index is 1530. The van der Waals surface area contributed by atoms with Gasteiger partial charge in [-0.1, -0.05) is 0 Å². The quantitative estimate of drug-likeness (QED) is 0.432. The van der Waals surface area contributed by atoms with Gasteiger partial charge in [-0.05, 0) is 43.3 Å². The highest BCUT2D eigenvalue weighted by Crippen LogP contribution is 2.35. The van der Waals surface area contributed by atoms with Crippen LogP contribution >= 0.6 is 11.3 Å². The number of rotatable bonds is 3. The molecule has 0 spiro atoms. The van der Waals surface area contributed by atoms with Gasteiger partial charge in [0, 0.05) is 45.7 Å². The van der Waals surface area contributed by atoms with Crippen LogP contribution in [0.4, 0.5) is 0 Å². The Labute approximate surface area is 175 Å². The van der Waals surface area contributed by atoms with Gasteiger partial charge in [-0.25, -0.2) is 9.97 Å². The van der Waals surface area contributed by atoms with E-state index in [1.54, 1.807) is 16.0 Å². The highest BCUT2D eigenvalue weighted by Gasteiger charge is 2.16. The van der Waals surface area contributed by atoms with E-state index >= 15 is 0 Å². The van der Waals surface area contributed by atoms with Crippen molar-refractivity contribution in [1.29, 1.82) is 0 Å². The number of aryl methyl sites for hydroxylation is 2. The van der Waals surface area contributed by atoms with Gasteiger partial charge < -0.3 is 4.98 Å². The molecule has 30 heavy (non-hydrogen) atoms. The molecule has 2 N–H and O–H groups in total. The van der Waals surface area contributed by atoms with Gasteiger partial charge in [0.2, 0.25) is 0 Å². The molecule has 0 atom stereocenters. The molecule has 7 nitrogen and oxygen atoms in total. The van der Waals surface area contributed by atoms with Gasteiger partial charge in [-0.2, -0.15) is 10.2 Å². The smallest absolute Gasteiger partial charge is 0.138 e. The standard InChI is InChI=1S/C22H17N7S/c1-12-3-6-19(30-12)14-7-8-23-22-15(14)9-18(26-22)21-20-17(27-28-21)5-4-16(25-20)13-10-24-29(2)11-13/h3-11H,1-2H3,(H,23,26)(H,27,28). The summed E-state index contributed by atoms with van der Waals surface area (Å²) in [5, 5.41) is 13.0. The van der Waals surface area contributed by atoms with E-state index in [2.05, 4.69) is 56.5 Å². The fourth-order valence-corrected chi connectivity index (χ4v) is 4.66. The molecule has 6 aromatic rings. The Morgan fingerprint density at radius 2 is 2.03 bits per heavy atom. The number of aromatic nitrogens is 7. The molecule has 0 fully saturated rings. The topological polar surface area (TPSA) is 88.1 Å². The van der Waals surface area contributed by atoms with Crippen LogP contribution < -0.4 is 0 Å². The summed E-state index contributed by atoms with van der Waals surface area (Å²) in [5.41, 5.74) is 7.22. The monoisotopic (exact) mass is 411 g/mol. The molecular weight excluding hydrogens is 394 g/mol. The van der Waals surface area contributed by atoms with E-state index in [4.69, 9.17) is 4.98 Å². The van der Waals surface area contributed by atoms with Crippen molar-refractivity contribution in [3.63, 3.8) is 0 Å². The van der Waals surface area contributed by atoms with E-state index < -0.39 is 0 Å². The van der Waals surface area contributed by atoms with Gasteiger partial charge in [0.1, 0.15) is 16.9 Å². The molecule has 6 aromatic heterocycles. The van der Waals surface area contributed by atoms with Crippen molar-refractivity contribution in [2.24, 2.45) is 7.05 Å². The summed E-state index contributed by atoms with van der Waals surface area (Å²) in [4.78, 5) is 15.3. The minimum absolute atomic E-state index is 0.780. The van der Waals surface area contributed by atoms with Crippen molar-refractivity contribution < 1.29 is 0 Å². The van der Waals surface area contributed by atoms with E-state index in [0.29, 0.717) is 0 Å². The highest BCUT2D eigenvalue weighted by molar-refractivity contribution is 7.15. The molecule has 0 radical (unpaired) electrons. The molecule has 8 heteroatoms. The molecule has 6 heterocycles. The SMILES string of the molecule is Cc1ccc(-c2ccnc3[nH]c(-c4n[nH]c5ccc(-c6cnn(C)c6)nc45)cc23)s1. The lowest BCUT2D eigenvalue weighted by Crippen LogP contribution is -1.86. The fourth-order valence-electron chi connectivity index (χ4n) is 3.75. The van der Waals surface area contributed by atoms with Crippen LogP contribution in [0.5, 0.6) is 0 Å². The van der Waals surface area contributed by atoms with Crippen LogP contribution in [0.3, 0.4) is 0 Å². The molecule has 6 rings (SSSR count). The Hall–Kier alpha value is -3.78. The normalized spacial score (nSPS) is 11.7. The molecule has 0 aromatic carbocycles. The van der Waals surface area contributed by atoms with Crippen LogP contribution in [0.2, 0.25) is 0 Å². The second-order valence-electron chi connectivity index (χ2n) is 7.28. The zero-order valence-corrected chi connectivity index (χ0v) is 17.2. The van der Waals surface area contributed by atoms with Crippen LogP contribution in [0.15, 0.2) is 55.0 Å². The zero-order chi connectivity index (χ0) is 20.2. The Morgan fingerprint density at radius 1 is 1.10 bits per heavy atom. The van der Waals surface area contributed by atoms with Gasteiger partial charge in [0.15, 0.2) is 0 Å². The Morgan fingerprint density at radius 3 is 2.83 bits per heavy atom. The summed E-state index contributed by atoms with van der Waals surface area (Å²) in [5.74, 6) is 0. The summed E-state index contributed by atoms with van der Waals surface area (Å²) in [7, 11) is 1.90. The van der Waals surface area contributed by atoms with Gasteiger partial charge in [-0.3, -0.25) is 9.78 Å². The Balaban J connectivity index is 1.52. The summed E-state index contributed by atoms with van der Waals surface area (Å²) in [6.45, 7) is 2.12. The maximum absolute atomic E-state index is 4.86. The van der Waals surface area contributed by atoms with Crippen molar-refractivity contribution in [3.05, 3.63) is 59.9 Å². The maximum Gasteiger partial charge on any atom is 0.138 e. The maximum atomic E-state index is 4.86. The third-order valence-corrected chi connectivity index (χ3v) is 6.24.